The molecule has 0 aliphatic rings. The van der Waals surface area contributed by atoms with Gasteiger partial charge in [-0.05, 0) is 36.6 Å². The Balaban J connectivity index is 1.70. The highest BCUT2D eigenvalue weighted by molar-refractivity contribution is 5.85. The van der Waals surface area contributed by atoms with Gasteiger partial charge in [0.05, 0.1) is 0 Å². The van der Waals surface area contributed by atoms with E-state index in [1.54, 1.807) is 37.3 Å². The maximum Gasteiger partial charge on any atom is 0.339 e. The number of hydrogen-bond donors (Lipinski definition) is 3. The molecule has 0 aliphatic heterocycles. The van der Waals surface area contributed by atoms with E-state index in [1.165, 1.54) is 12.1 Å². The second-order valence-corrected chi connectivity index (χ2v) is 6.82. The summed E-state index contributed by atoms with van der Waals surface area (Å²) >= 11 is 0. The number of aryl methyl sites for hydroxylation is 1. The maximum atomic E-state index is 12.3. The van der Waals surface area contributed by atoms with Crippen molar-refractivity contribution < 1.29 is 24.2 Å². The van der Waals surface area contributed by atoms with Gasteiger partial charge in [-0.3, -0.25) is 4.79 Å². The maximum absolute atomic E-state index is 12.3. The fourth-order valence-corrected chi connectivity index (χ4v) is 3.23. The topological polar surface area (TPSA) is 117 Å². The molecule has 0 saturated heterocycles. The molecule has 150 valence electrons. The summed E-state index contributed by atoms with van der Waals surface area (Å²) in [6, 6.07) is 12.5. The number of phenolic OH excluding ortho intramolecular Hbond substituents is 1. The average Bonchev–Trinajstić information content (AvgIpc) is 2.67. The molecule has 1 heterocycles. The zero-order chi connectivity index (χ0) is 21.0. The van der Waals surface area contributed by atoms with E-state index in [0.717, 1.165) is 5.56 Å². The highest BCUT2D eigenvalue weighted by Crippen LogP contribution is 2.23. The van der Waals surface area contributed by atoms with Crippen LogP contribution in [0.2, 0.25) is 0 Å². The number of carbonyl (C=O) groups excluding carboxylic acids is 1. The van der Waals surface area contributed by atoms with Crippen LogP contribution in [0.1, 0.15) is 23.1 Å². The fraction of sp³-hybridized carbons (Fsp3) is 0.227. The number of nitrogens with one attached hydrogen (secondary N) is 1. The van der Waals surface area contributed by atoms with E-state index in [-0.39, 0.29) is 30.6 Å². The van der Waals surface area contributed by atoms with Gasteiger partial charge in [0.25, 0.3) is 0 Å². The van der Waals surface area contributed by atoms with E-state index in [2.05, 4.69) is 5.32 Å². The normalized spacial score (nSPS) is 11.9. The third-order valence-corrected chi connectivity index (χ3v) is 4.79. The predicted molar refractivity (Wildman–Crippen MR) is 107 cm³/mol. The molecule has 0 unspecified atom stereocenters. The van der Waals surface area contributed by atoms with Crippen molar-refractivity contribution in [3.05, 3.63) is 75.6 Å². The number of carboxylic acids is 1. The highest BCUT2D eigenvalue weighted by Gasteiger charge is 2.21. The van der Waals surface area contributed by atoms with Gasteiger partial charge in [-0.15, -0.1) is 0 Å². The second kappa shape index (κ2) is 8.60. The van der Waals surface area contributed by atoms with E-state index in [1.807, 2.05) is 6.07 Å². The van der Waals surface area contributed by atoms with Gasteiger partial charge < -0.3 is 19.9 Å². The predicted octanol–water partition coefficient (Wildman–Crippen LogP) is 2.55. The highest BCUT2D eigenvalue weighted by atomic mass is 16.4. The number of phenols is 1. The molecule has 7 heteroatoms. The molecule has 7 nitrogen and oxygen atoms in total. The summed E-state index contributed by atoms with van der Waals surface area (Å²) in [5, 5.41) is 22.1. The van der Waals surface area contributed by atoms with Crippen LogP contribution < -0.4 is 10.9 Å². The van der Waals surface area contributed by atoms with Crippen LogP contribution >= 0.6 is 0 Å². The standard InChI is InChI=1S/C22H21NO6/c1-13-16-8-7-15(24)12-19(16)29-22(28)17(13)9-10-20(25)23-18(21(26)27)11-14-5-3-2-4-6-14/h2-8,12,18,24H,9-11H2,1H3,(H,23,25)(H,26,27)/t18-/m0/s1. The molecule has 3 aromatic rings. The minimum atomic E-state index is -1.12. The Kier molecular flexibility index (Phi) is 5.97. The zero-order valence-electron chi connectivity index (χ0n) is 15.8. The first-order valence-electron chi connectivity index (χ1n) is 9.16. The van der Waals surface area contributed by atoms with Crippen molar-refractivity contribution in [2.75, 3.05) is 0 Å². The molecule has 0 radical (unpaired) electrons. The SMILES string of the molecule is Cc1c(CCC(=O)N[C@@H](Cc2ccccc2)C(=O)O)c(=O)oc2cc(O)ccc12. The van der Waals surface area contributed by atoms with Crippen molar-refractivity contribution in [1.29, 1.82) is 0 Å². The largest absolute Gasteiger partial charge is 0.508 e. The molecule has 0 bridgehead atoms. The Morgan fingerprint density at radius 1 is 1.14 bits per heavy atom. The first kappa shape index (κ1) is 20.1. The minimum absolute atomic E-state index is 0.00898. The second-order valence-electron chi connectivity index (χ2n) is 6.82. The lowest BCUT2D eigenvalue weighted by Crippen LogP contribution is -2.42. The number of carboxylic acid groups (broad SMARTS) is 1. The van der Waals surface area contributed by atoms with Crippen molar-refractivity contribution in [3.8, 4) is 5.75 Å². The Bertz CT molecular complexity index is 1100. The van der Waals surface area contributed by atoms with E-state index < -0.39 is 23.5 Å². The van der Waals surface area contributed by atoms with E-state index >= 15 is 0 Å². The Hall–Kier alpha value is -3.61. The smallest absolute Gasteiger partial charge is 0.339 e. The number of benzene rings is 2. The molecule has 3 N–H and O–H groups in total. The third-order valence-electron chi connectivity index (χ3n) is 4.79. The molecular weight excluding hydrogens is 374 g/mol. The number of hydrogen-bond acceptors (Lipinski definition) is 5. The van der Waals surface area contributed by atoms with Crippen molar-refractivity contribution in [1.82, 2.24) is 5.32 Å². The van der Waals surface area contributed by atoms with Crippen LogP contribution in [0, 0.1) is 6.92 Å². The van der Waals surface area contributed by atoms with Crippen LogP contribution in [0.25, 0.3) is 11.0 Å². The summed E-state index contributed by atoms with van der Waals surface area (Å²) in [7, 11) is 0. The lowest BCUT2D eigenvalue weighted by atomic mass is 10.0. The van der Waals surface area contributed by atoms with Crippen LogP contribution in [0.3, 0.4) is 0 Å². The molecular formula is C22H21NO6. The summed E-state index contributed by atoms with van der Waals surface area (Å²) in [6.45, 7) is 1.75. The summed E-state index contributed by atoms with van der Waals surface area (Å²) in [5.74, 6) is -1.59. The lowest BCUT2D eigenvalue weighted by Gasteiger charge is -2.15. The molecule has 0 aliphatic carbocycles. The number of fused-ring (bicyclic) bond motifs is 1. The first-order valence-corrected chi connectivity index (χ1v) is 9.16. The molecule has 29 heavy (non-hydrogen) atoms. The molecule has 1 atom stereocenters. The van der Waals surface area contributed by atoms with Crippen LogP contribution in [0.15, 0.2) is 57.7 Å². The number of rotatable bonds is 7. The van der Waals surface area contributed by atoms with Gasteiger partial charge in [-0.1, -0.05) is 30.3 Å². The molecule has 3 rings (SSSR count). The van der Waals surface area contributed by atoms with Gasteiger partial charge in [0, 0.05) is 29.9 Å². The van der Waals surface area contributed by atoms with Crippen molar-refractivity contribution >= 4 is 22.8 Å². The van der Waals surface area contributed by atoms with Gasteiger partial charge in [0.2, 0.25) is 5.91 Å². The van der Waals surface area contributed by atoms with Crippen molar-refractivity contribution in [3.63, 3.8) is 0 Å². The van der Waals surface area contributed by atoms with Gasteiger partial charge in [-0.25, -0.2) is 9.59 Å². The van der Waals surface area contributed by atoms with Crippen molar-refractivity contribution in [2.24, 2.45) is 0 Å². The lowest BCUT2D eigenvalue weighted by molar-refractivity contribution is -0.141. The first-order chi connectivity index (χ1) is 13.8. The Morgan fingerprint density at radius 3 is 2.55 bits per heavy atom. The summed E-state index contributed by atoms with van der Waals surface area (Å²) < 4.78 is 5.24. The summed E-state index contributed by atoms with van der Waals surface area (Å²) in [6.07, 6.45) is 0.241. The molecule has 0 fully saturated rings. The van der Waals surface area contributed by atoms with E-state index in [0.29, 0.717) is 16.5 Å². The van der Waals surface area contributed by atoms with Crippen LogP contribution in [0.5, 0.6) is 5.75 Å². The summed E-state index contributed by atoms with van der Waals surface area (Å²) in [4.78, 5) is 36.1. The van der Waals surface area contributed by atoms with Crippen LogP contribution in [-0.4, -0.2) is 28.1 Å². The van der Waals surface area contributed by atoms with Gasteiger partial charge in [0.15, 0.2) is 0 Å². The van der Waals surface area contributed by atoms with Crippen LogP contribution in [-0.2, 0) is 22.4 Å². The van der Waals surface area contributed by atoms with Crippen molar-refractivity contribution in [2.45, 2.75) is 32.2 Å². The molecule has 1 aromatic heterocycles. The van der Waals surface area contributed by atoms with E-state index in [4.69, 9.17) is 4.42 Å². The minimum Gasteiger partial charge on any atom is -0.508 e. The Labute approximate surface area is 166 Å². The number of aromatic hydroxyl groups is 1. The molecule has 0 saturated carbocycles. The number of aliphatic carboxylic acids is 1. The van der Waals surface area contributed by atoms with E-state index in [9.17, 15) is 24.6 Å². The van der Waals surface area contributed by atoms with Gasteiger partial charge in [0.1, 0.15) is 17.4 Å². The van der Waals surface area contributed by atoms with Gasteiger partial charge in [-0.2, -0.15) is 0 Å². The van der Waals surface area contributed by atoms with Gasteiger partial charge >= 0.3 is 11.6 Å². The zero-order valence-corrected chi connectivity index (χ0v) is 15.8. The quantitative estimate of drug-likeness (QED) is 0.530. The third kappa shape index (κ3) is 4.82. The average molecular weight is 395 g/mol. The number of amides is 1. The molecule has 1 amide bonds. The molecule has 0 spiro atoms. The fourth-order valence-electron chi connectivity index (χ4n) is 3.23. The molecule has 2 aromatic carbocycles. The van der Waals surface area contributed by atoms with Crippen LogP contribution in [0.4, 0.5) is 0 Å². The monoisotopic (exact) mass is 395 g/mol. The summed E-state index contributed by atoms with van der Waals surface area (Å²) in [5.41, 5.74) is 1.52. The number of carbonyl (C=O) groups is 2. The Morgan fingerprint density at radius 2 is 1.86 bits per heavy atom.